The zero-order valence-electron chi connectivity index (χ0n) is 25.6. The topological polar surface area (TPSA) is 86.4 Å². The summed E-state index contributed by atoms with van der Waals surface area (Å²) < 4.78 is 37.6. The second-order valence-corrected chi connectivity index (χ2v) is 12.9. The molecule has 3 saturated heterocycles. The summed E-state index contributed by atoms with van der Waals surface area (Å²) in [5.41, 5.74) is -0.200. The van der Waals surface area contributed by atoms with Crippen molar-refractivity contribution in [3.63, 3.8) is 0 Å². The first kappa shape index (κ1) is 31.1. The van der Waals surface area contributed by atoms with Crippen LogP contribution in [0, 0.1) is 12.4 Å². The fourth-order valence-electron chi connectivity index (χ4n) is 7.61. The van der Waals surface area contributed by atoms with Gasteiger partial charge in [0.2, 0.25) is 12.5 Å². The first-order valence-corrected chi connectivity index (χ1v) is 16.0. The largest absolute Gasteiger partial charge is 0.507 e. The molecule has 3 aliphatic heterocycles. The first-order valence-electron chi connectivity index (χ1n) is 15.7. The Balaban J connectivity index is 1.36. The molecule has 3 fully saturated rings. The van der Waals surface area contributed by atoms with E-state index in [2.05, 4.69) is 21.3 Å². The molecule has 47 heavy (non-hydrogen) atoms. The van der Waals surface area contributed by atoms with Gasteiger partial charge < -0.3 is 24.5 Å². The Morgan fingerprint density at radius 3 is 2.81 bits per heavy atom. The SMILES string of the molecule is [C-]#[N+]C[C@H]1CN(c2nc(OC[C@@]34CCCN3C[C@H](F)C4)nc3c(F)c(-c4cccc5cccc(Cl)c45)c(O)cc23)CCN1C(=O)C=C. The standard InChI is InChI=1S/C35H33ClF2N6O3/c1-3-28(46)44-14-13-42(19-23(44)17-39-2)33-25-15-27(45)30(24-9-4-7-21-8-5-10-26(36)29(21)24)31(38)32(25)40-34(41-33)47-20-35-11-6-12-43(35)18-22(37)16-35/h3-5,7-10,15,22-23,45H,1,6,11-14,16-20H2/t22-,23+,35+/m1/s1. The number of benzene rings is 3. The monoisotopic (exact) mass is 658 g/mol. The number of ether oxygens (including phenoxy) is 1. The second-order valence-electron chi connectivity index (χ2n) is 12.5. The molecule has 4 aromatic rings. The van der Waals surface area contributed by atoms with Gasteiger partial charge in [-0.25, -0.2) is 15.4 Å². The maximum atomic E-state index is 16.9. The van der Waals surface area contributed by atoms with Crippen LogP contribution >= 0.6 is 11.6 Å². The lowest BCUT2D eigenvalue weighted by atomic mass is 9.95. The molecule has 1 amide bonds. The van der Waals surface area contributed by atoms with E-state index in [1.165, 1.54) is 12.1 Å². The molecule has 4 heterocycles. The highest BCUT2D eigenvalue weighted by Gasteiger charge is 2.49. The molecule has 1 aromatic heterocycles. The second kappa shape index (κ2) is 12.2. The normalized spacial score (nSPS) is 22.9. The highest BCUT2D eigenvalue weighted by molar-refractivity contribution is 6.36. The quantitative estimate of drug-likeness (QED) is 0.192. The van der Waals surface area contributed by atoms with Gasteiger partial charge in [-0.05, 0) is 48.5 Å². The number of amides is 1. The number of aromatic hydroxyl groups is 1. The zero-order chi connectivity index (χ0) is 32.9. The summed E-state index contributed by atoms with van der Waals surface area (Å²) in [7, 11) is 0. The van der Waals surface area contributed by atoms with Gasteiger partial charge in [-0.2, -0.15) is 9.97 Å². The van der Waals surface area contributed by atoms with E-state index in [1.807, 2.05) is 17.0 Å². The average Bonchev–Trinajstić information content (AvgIpc) is 3.59. The molecule has 0 unspecified atom stereocenters. The summed E-state index contributed by atoms with van der Waals surface area (Å²) in [6.07, 6.45) is 2.33. The third kappa shape index (κ3) is 5.39. The number of phenolic OH excluding ortho intramolecular Hbond substituents is 1. The minimum absolute atomic E-state index is 0.0524. The maximum Gasteiger partial charge on any atom is 0.319 e. The van der Waals surface area contributed by atoms with Crippen molar-refractivity contribution in [1.82, 2.24) is 19.8 Å². The van der Waals surface area contributed by atoms with Gasteiger partial charge in [0.15, 0.2) is 5.82 Å². The summed E-state index contributed by atoms with van der Waals surface area (Å²) in [4.78, 5) is 31.0. The van der Waals surface area contributed by atoms with E-state index < -0.39 is 23.6 Å². The molecule has 9 nitrogen and oxygen atoms in total. The number of anilines is 1. The number of nitrogens with zero attached hydrogens (tertiary/aromatic N) is 6. The Kier molecular flexibility index (Phi) is 8.10. The van der Waals surface area contributed by atoms with E-state index in [1.54, 1.807) is 29.2 Å². The van der Waals surface area contributed by atoms with Crippen LogP contribution in [0.3, 0.4) is 0 Å². The van der Waals surface area contributed by atoms with Gasteiger partial charge in [0, 0.05) is 48.4 Å². The number of fused-ring (bicyclic) bond motifs is 3. The van der Waals surface area contributed by atoms with Crippen LogP contribution in [0.5, 0.6) is 11.8 Å². The van der Waals surface area contributed by atoms with Gasteiger partial charge in [-0.3, -0.25) is 9.69 Å². The third-order valence-corrected chi connectivity index (χ3v) is 10.1. The molecule has 0 aliphatic carbocycles. The lowest BCUT2D eigenvalue weighted by Gasteiger charge is -2.39. The minimum atomic E-state index is -0.948. The summed E-state index contributed by atoms with van der Waals surface area (Å²) in [5, 5.41) is 13.4. The summed E-state index contributed by atoms with van der Waals surface area (Å²) in [6, 6.07) is 11.6. The fraction of sp³-hybridized carbons (Fsp3) is 0.371. The van der Waals surface area contributed by atoms with Crippen molar-refractivity contribution < 1.29 is 23.4 Å². The number of carbonyl (C=O) groups is 1. The minimum Gasteiger partial charge on any atom is -0.507 e. The number of hydrogen-bond acceptors (Lipinski definition) is 7. The van der Waals surface area contributed by atoms with Gasteiger partial charge in [0.05, 0.1) is 11.1 Å². The molecule has 242 valence electrons. The van der Waals surface area contributed by atoms with Gasteiger partial charge in [-0.1, -0.05) is 48.5 Å². The number of phenols is 1. The summed E-state index contributed by atoms with van der Waals surface area (Å²) >= 11 is 6.59. The Morgan fingerprint density at radius 2 is 2.02 bits per heavy atom. The van der Waals surface area contributed by atoms with Crippen LogP contribution in [0.1, 0.15) is 19.3 Å². The smallest absolute Gasteiger partial charge is 0.319 e. The molecule has 0 saturated carbocycles. The molecule has 0 spiro atoms. The van der Waals surface area contributed by atoms with Gasteiger partial charge in [-0.15, -0.1) is 0 Å². The van der Waals surface area contributed by atoms with Crippen LogP contribution in [0.4, 0.5) is 14.6 Å². The van der Waals surface area contributed by atoms with Gasteiger partial charge in [0.1, 0.15) is 35.9 Å². The Bertz CT molecular complexity index is 1950. The Hall–Kier alpha value is -4.53. The zero-order valence-corrected chi connectivity index (χ0v) is 26.4. The van der Waals surface area contributed by atoms with Gasteiger partial charge >= 0.3 is 6.01 Å². The number of halogens is 3. The van der Waals surface area contributed by atoms with E-state index in [9.17, 15) is 14.3 Å². The first-order chi connectivity index (χ1) is 22.7. The molecule has 3 aliphatic rings. The van der Waals surface area contributed by atoms with Crippen LogP contribution in [-0.2, 0) is 4.79 Å². The predicted molar refractivity (Wildman–Crippen MR) is 177 cm³/mol. The molecule has 3 atom stereocenters. The summed E-state index contributed by atoms with van der Waals surface area (Å²) in [6.45, 7) is 13.3. The number of alkyl halides is 1. The van der Waals surface area contributed by atoms with Crippen molar-refractivity contribution in [2.45, 2.75) is 37.0 Å². The van der Waals surface area contributed by atoms with Gasteiger partial charge in [0.25, 0.3) is 0 Å². The fourth-order valence-corrected chi connectivity index (χ4v) is 7.89. The lowest BCUT2D eigenvalue weighted by molar-refractivity contribution is -0.128. The molecular weight excluding hydrogens is 626 g/mol. The third-order valence-electron chi connectivity index (χ3n) is 9.77. The van der Waals surface area contributed by atoms with Crippen molar-refractivity contribution >= 4 is 45.0 Å². The van der Waals surface area contributed by atoms with Crippen LogP contribution < -0.4 is 9.64 Å². The van der Waals surface area contributed by atoms with E-state index >= 15 is 4.39 Å². The molecule has 12 heteroatoms. The molecular formula is C35H33ClF2N6O3. The average molecular weight is 659 g/mol. The lowest BCUT2D eigenvalue weighted by Crippen LogP contribution is -2.56. The molecule has 1 N–H and O–H groups in total. The van der Waals surface area contributed by atoms with Crippen LogP contribution in [0.2, 0.25) is 5.02 Å². The van der Waals surface area contributed by atoms with Crippen molar-refractivity contribution in [2.75, 3.05) is 50.8 Å². The highest BCUT2D eigenvalue weighted by Crippen LogP contribution is 2.44. The Labute approximate surface area is 275 Å². The number of aromatic nitrogens is 2. The highest BCUT2D eigenvalue weighted by atomic mass is 35.5. The van der Waals surface area contributed by atoms with E-state index in [-0.39, 0.29) is 60.4 Å². The number of piperazine rings is 1. The number of carbonyl (C=O) groups excluding carboxylic acids is 1. The van der Waals surface area contributed by atoms with Crippen molar-refractivity contribution in [3.8, 4) is 22.9 Å². The van der Waals surface area contributed by atoms with Crippen LogP contribution in [0.25, 0.3) is 37.6 Å². The Morgan fingerprint density at radius 1 is 1.21 bits per heavy atom. The van der Waals surface area contributed by atoms with E-state index in [0.717, 1.165) is 24.8 Å². The van der Waals surface area contributed by atoms with Crippen molar-refractivity contribution in [3.05, 3.63) is 77.4 Å². The number of rotatable bonds is 7. The molecule has 0 radical (unpaired) electrons. The maximum absolute atomic E-state index is 16.9. The van der Waals surface area contributed by atoms with Crippen molar-refractivity contribution in [1.29, 1.82) is 0 Å². The molecule has 3 aromatic carbocycles. The van der Waals surface area contributed by atoms with E-state index in [4.69, 9.17) is 27.9 Å². The molecule has 7 rings (SSSR count). The van der Waals surface area contributed by atoms with Crippen LogP contribution in [0.15, 0.2) is 55.1 Å². The van der Waals surface area contributed by atoms with Crippen molar-refractivity contribution in [2.24, 2.45) is 0 Å². The number of hydrogen-bond donors (Lipinski definition) is 1. The van der Waals surface area contributed by atoms with Crippen LogP contribution in [-0.4, -0.2) is 94.4 Å². The summed E-state index contributed by atoms with van der Waals surface area (Å²) in [5.74, 6) is -1.07. The predicted octanol–water partition coefficient (Wildman–Crippen LogP) is 6.03. The molecule has 0 bridgehead atoms. The van der Waals surface area contributed by atoms with E-state index in [0.29, 0.717) is 41.3 Å².